The second kappa shape index (κ2) is 9.92. The van der Waals surface area contributed by atoms with Crippen molar-refractivity contribution in [1.82, 2.24) is 5.32 Å². The maximum Gasteiger partial charge on any atom is 0.407 e. The molecule has 0 heterocycles. The van der Waals surface area contributed by atoms with Gasteiger partial charge in [0.1, 0.15) is 5.60 Å². The van der Waals surface area contributed by atoms with Crippen molar-refractivity contribution in [2.24, 2.45) is 5.92 Å². The molecule has 3 atom stereocenters. The lowest BCUT2D eigenvalue weighted by Gasteiger charge is -2.45. The summed E-state index contributed by atoms with van der Waals surface area (Å²) >= 11 is 0. The van der Waals surface area contributed by atoms with Crippen molar-refractivity contribution in [3.8, 4) is 0 Å². The van der Waals surface area contributed by atoms with Gasteiger partial charge < -0.3 is 19.6 Å². The fourth-order valence-electron chi connectivity index (χ4n) is 4.86. The number of amides is 1. The van der Waals surface area contributed by atoms with Crippen molar-refractivity contribution in [1.29, 1.82) is 0 Å². The van der Waals surface area contributed by atoms with Crippen LogP contribution in [0.3, 0.4) is 0 Å². The van der Waals surface area contributed by atoms with Crippen LogP contribution in [0.15, 0.2) is 60.7 Å². The number of carbonyl (C=O) groups is 2. The van der Waals surface area contributed by atoms with E-state index in [2.05, 4.69) is 50.4 Å². The van der Waals surface area contributed by atoms with Gasteiger partial charge in [-0.15, -0.1) is 0 Å². The van der Waals surface area contributed by atoms with Crippen molar-refractivity contribution in [2.75, 3.05) is 0 Å². The predicted octanol–water partition coefficient (Wildman–Crippen LogP) is 4.32. The standard InChI is InChI=1S/C27H37NO5Si/c1-26(2,3)32-25(31)28-22-17-19(24(29)30)18-23(22)33-34(27(4,5)6,20-13-9-7-10-14-20)21-15-11-8-12-16-21/h7-16,19,22-23H,17-18H2,1-6H3,(H,28,31)(H,29,30)/t19-,22-,23-/m1/s1. The number of alkyl carbamates (subject to hydrolysis) is 1. The summed E-state index contributed by atoms with van der Waals surface area (Å²) in [6.07, 6.45) is -0.378. The lowest BCUT2D eigenvalue weighted by Crippen LogP contribution is -2.68. The van der Waals surface area contributed by atoms with E-state index in [1.807, 2.05) is 36.4 Å². The molecule has 34 heavy (non-hydrogen) atoms. The van der Waals surface area contributed by atoms with Crippen molar-refractivity contribution >= 4 is 30.8 Å². The number of hydrogen-bond donors (Lipinski definition) is 2. The van der Waals surface area contributed by atoms with E-state index in [-0.39, 0.29) is 5.04 Å². The Labute approximate surface area is 203 Å². The SMILES string of the molecule is CC(C)(C)OC(=O)N[C@@H]1C[C@@H](C(=O)O)C[C@H]1O[Si](c1ccccc1)(c1ccccc1)C(C)(C)C. The Bertz CT molecular complexity index is 942. The Morgan fingerprint density at radius 2 is 1.38 bits per heavy atom. The van der Waals surface area contributed by atoms with Crippen molar-refractivity contribution < 1.29 is 23.9 Å². The third-order valence-electron chi connectivity index (χ3n) is 6.30. The molecule has 0 bridgehead atoms. The van der Waals surface area contributed by atoms with Gasteiger partial charge in [-0.3, -0.25) is 4.79 Å². The Morgan fingerprint density at radius 3 is 1.79 bits per heavy atom. The molecule has 1 fully saturated rings. The molecule has 0 aliphatic heterocycles. The van der Waals surface area contributed by atoms with Crippen LogP contribution in [0.2, 0.25) is 5.04 Å². The minimum atomic E-state index is -2.90. The van der Waals surface area contributed by atoms with Crippen LogP contribution in [0, 0.1) is 5.92 Å². The predicted molar refractivity (Wildman–Crippen MR) is 136 cm³/mol. The maximum absolute atomic E-state index is 12.6. The van der Waals surface area contributed by atoms with Gasteiger partial charge in [-0.1, -0.05) is 81.4 Å². The van der Waals surface area contributed by atoms with Gasteiger partial charge in [0.25, 0.3) is 8.32 Å². The van der Waals surface area contributed by atoms with E-state index >= 15 is 0 Å². The van der Waals surface area contributed by atoms with E-state index in [1.54, 1.807) is 20.8 Å². The highest BCUT2D eigenvalue weighted by molar-refractivity contribution is 6.99. The molecule has 1 aliphatic carbocycles. The lowest BCUT2D eigenvalue weighted by atomic mass is 10.1. The van der Waals surface area contributed by atoms with Crippen LogP contribution < -0.4 is 15.7 Å². The monoisotopic (exact) mass is 483 g/mol. The molecule has 2 aromatic rings. The number of carboxylic acids is 1. The third-order valence-corrected chi connectivity index (χ3v) is 11.4. The van der Waals surface area contributed by atoms with Gasteiger partial charge in [0.2, 0.25) is 0 Å². The Kier molecular flexibility index (Phi) is 7.58. The third kappa shape index (κ3) is 5.70. The van der Waals surface area contributed by atoms with Gasteiger partial charge in [-0.2, -0.15) is 0 Å². The number of carboxylic acid groups (broad SMARTS) is 1. The first kappa shape index (κ1) is 26.0. The van der Waals surface area contributed by atoms with E-state index in [9.17, 15) is 14.7 Å². The summed E-state index contributed by atoms with van der Waals surface area (Å²) < 4.78 is 12.6. The molecule has 2 aromatic carbocycles. The number of aliphatic carboxylic acids is 1. The van der Waals surface area contributed by atoms with Crippen molar-refractivity contribution in [3.05, 3.63) is 60.7 Å². The number of benzene rings is 2. The summed E-state index contributed by atoms with van der Waals surface area (Å²) in [5.41, 5.74) is -0.650. The van der Waals surface area contributed by atoms with Crippen molar-refractivity contribution in [2.45, 2.75) is 77.2 Å². The lowest BCUT2D eigenvalue weighted by molar-refractivity contribution is -0.141. The first-order valence-electron chi connectivity index (χ1n) is 11.8. The van der Waals surface area contributed by atoms with Gasteiger partial charge in [-0.05, 0) is 49.0 Å². The molecular weight excluding hydrogens is 446 g/mol. The minimum Gasteiger partial charge on any atom is -0.481 e. The highest BCUT2D eigenvalue weighted by atomic mass is 28.4. The molecule has 6 nitrogen and oxygen atoms in total. The van der Waals surface area contributed by atoms with Crippen molar-refractivity contribution in [3.63, 3.8) is 0 Å². The van der Waals surface area contributed by atoms with E-state index in [0.717, 1.165) is 10.4 Å². The van der Waals surface area contributed by atoms with Gasteiger partial charge in [0.15, 0.2) is 0 Å². The number of rotatable bonds is 6. The first-order valence-corrected chi connectivity index (χ1v) is 13.8. The molecule has 0 spiro atoms. The highest BCUT2D eigenvalue weighted by Gasteiger charge is 2.54. The summed E-state index contributed by atoms with van der Waals surface area (Å²) in [6, 6.07) is 20.0. The Morgan fingerprint density at radius 1 is 0.882 bits per heavy atom. The zero-order chi connectivity index (χ0) is 25.1. The molecule has 0 aromatic heterocycles. The molecule has 1 aliphatic rings. The van der Waals surface area contributed by atoms with Gasteiger partial charge in [-0.25, -0.2) is 4.79 Å². The van der Waals surface area contributed by atoms with Crippen LogP contribution >= 0.6 is 0 Å². The molecule has 1 amide bonds. The second-order valence-corrected chi connectivity index (χ2v) is 15.3. The molecule has 1 saturated carbocycles. The van der Waals surface area contributed by atoms with E-state index in [1.165, 1.54) is 0 Å². The summed E-state index contributed by atoms with van der Waals surface area (Å²) in [5.74, 6) is -1.47. The summed E-state index contributed by atoms with van der Waals surface area (Å²) in [4.78, 5) is 24.5. The fraction of sp³-hybridized carbons (Fsp3) is 0.481. The van der Waals surface area contributed by atoms with Crippen LogP contribution in [0.1, 0.15) is 54.4 Å². The topological polar surface area (TPSA) is 84.9 Å². The minimum absolute atomic E-state index is 0.256. The smallest absolute Gasteiger partial charge is 0.407 e. The fourth-order valence-corrected chi connectivity index (χ4v) is 9.59. The molecule has 0 saturated heterocycles. The number of carbonyl (C=O) groups excluding carboxylic acids is 1. The molecule has 0 radical (unpaired) electrons. The van der Waals surface area contributed by atoms with Crippen LogP contribution in [0.4, 0.5) is 4.79 Å². The van der Waals surface area contributed by atoms with Crippen LogP contribution in [0.5, 0.6) is 0 Å². The highest BCUT2D eigenvalue weighted by Crippen LogP contribution is 2.40. The normalized spacial score (nSPS) is 21.2. The second-order valence-electron chi connectivity index (χ2n) is 11.1. The average molecular weight is 484 g/mol. The number of hydrogen-bond acceptors (Lipinski definition) is 4. The van der Waals surface area contributed by atoms with Crippen LogP contribution in [0.25, 0.3) is 0 Å². The van der Waals surface area contributed by atoms with E-state index in [4.69, 9.17) is 9.16 Å². The number of ether oxygens (including phenoxy) is 1. The van der Waals surface area contributed by atoms with Gasteiger partial charge >= 0.3 is 12.1 Å². The quantitative estimate of drug-likeness (QED) is 0.598. The van der Waals surface area contributed by atoms with Crippen LogP contribution in [-0.4, -0.2) is 43.2 Å². The maximum atomic E-state index is 12.6. The van der Waals surface area contributed by atoms with E-state index < -0.39 is 44.0 Å². The molecule has 184 valence electrons. The largest absolute Gasteiger partial charge is 0.481 e. The molecule has 7 heteroatoms. The molecule has 0 unspecified atom stereocenters. The van der Waals surface area contributed by atoms with Gasteiger partial charge in [0, 0.05) is 0 Å². The summed E-state index contributed by atoms with van der Waals surface area (Å²) in [6.45, 7) is 11.9. The first-order chi connectivity index (χ1) is 15.8. The zero-order valence-electron chi connectivity index (χ0n) is 21.0. The van der Waals surface area contributed by atoms with E-state index in [0.29, 0.717) is 12.8 Å². The zero-order valence-corrected chi connectivity index (χ0v) is 22.0. The molecule has 2 N–H and O–H groups in total. The summed E-state index contributed by atoms with van der Waals surface area (Å²) in [5, 5.41) is 14.7. The Hall–Kier alpha value is -2.64. The Balaban J connectivity index is 2.06. The number of nitrogens with one attached hydrogen (secondary N) is 1. The molecular formula is C27H37NO5Si. The van der Waals surface area contributed by atoms with Crippen LogP contribution in [-0.2, 0) is 14.0 Å². The summed E-state index contributed by atoms with van der Waals surface area (Å²) in [7, 11) is -2.90. The van der Waals surface area contributed by atoms with Gasteiger partial charge in [0.05, 0.1) is 18.1 Å². The average Bonchev–Trinajstić information content (AvgIpc) is 3.13. The molecule has 3 rings (SSSR count).